The highest BCUT2D eigenvalue weighted by atomic mass is 79.9. The molecule has 0 N–H and O–H groups in total. The van der Waals surface area contributed by atoms with Crippen molar-refractivity contribution in [2.75, 3.05) is 0 Å². The standard InChI is InChI=1S/C10H17BrO2/c1-8(2)7-5-6-9(3,11)10(4,12-7)13-8/h7H,5-6H2,1-4H3/t7-,9-,10-/m1/s1. The molecule has 0 aromatic heterocycles. The third kappa shape index (κ3) is 1.28. The first-order valence-corrected chi connectivity index (χ1v) is 5.63. The first-order chi connectivity index (χ1) is 5.77. The van der Waals surface area contributed by atoms with Gasteiger partial charge in [-0.05, 0) is 40.5 Å². The number of ether oxygens (including phenoxy) is 2. The monoisotopic (exact) mass is 248 g/mol. The molecule has 3 atom stereocenters. The maximum absolute atomic E-state index is 6.01. The van der Waals surface area contributed by atoms with E-state index in [9.17, 15) is 0 Å². The van der Waals surface area contributed by atoms with Gasteiger partial charge >= 0.3 is 0 Å². The number of fused-ring (bicyclic) bond motifs is 2. The summed E-state index contributed by atoms with van der Waals surface area (Å²) >= 11 is 3.70. The maximum Gasteiger partial charge on any atom is 0.181 e. The van der Waals surface area contributed by atoms with Gasteiger partial charge in [-0.2, -0.15) is 0 Å². The molecule has 0 aliphatic carbocycles. The minimum Gasteiger partial charge on any atom is -0.343 e. The van der Waals surface area contributed by atoms with Gasteiger partial charge in [0, 0.05) is 0 Å². The van der Waals surface area contributed by atoms with E-state index in [4.69, 9.17) is 9.47 Å². The summed E-state index contributed by atoms with van der Waals surface area (Å²) in [4.78, 5) is 0. The Morgan fingerprint density at radius 1 is 1.23 bits per heavy atom. The molecule has 2 aliphatic rings. The molecule has 0 radical (unpaired) electrons. The highest BCUT2D eigenvalue weighted by molar-refractivity contribution is 9.10. The predicted molar refractivity (Wildman–Crippen MR) is 55.0 cm³/mol. The van der Waals surface area contributed by atoms with Crippen LogP contribution in [0.1, 0.15) is 40.5 Å². The second kappa shape index (κ2) is 2.50. The maximum atomic E-state index is 6.01. The molecule has 0 amide bonds. The van der Waals surface area contributed by atoms with Gasteiger partial charge in [0.1, 0.15) is 0 Å². The minimum absolute atomic E-state index is 0.0513. The van der Waals surface area contributed by atoms with Crippen molar-refractivity contribution >= 4 is 15.9 Å². The molecule has 0 aromatic carbocycles. The normalized spacial score (nSPS) is 53.8. The lowest BCUT2D eigenvalue weighted by Crippen LogP contribution is -2.49. The summed E-state index contributed by atoms with van der Waals surface area (Å²) < 4.78 is 11.9. The van der Waals surface area contributed by atoms with Gasteiger partial charge in [0.25, 0.3) is 0 Å². The Balaban J connectivity index is 2.34. The highest BCUT2D eigenvalue weighted by Crippen LogP contribution is 2.53. The minimum atomic E-state index is -0.459. The molecule has 2 rings (SSSR count). The Morgan fingerprint density at radius 2 is 1.85 bits per heavy atom. The van der Waals surface area contributed by atoms with Crippen LogP contribution in [-0.4, -0.2) is 21.8 Å². The largest absolute Gasteiger partial charge is 0.343 e. The van der Waals surface area contributed by atoms with Gasteiger partial charge in [-0.1, -0.05) is 15.9 Å². The Bertz CT molecular complexity index is 237. The topological polar surface area (TPSA) is 18.5 Å². The van der Waals surface area contributed by atoms with Crippen LogP contribution in [0.3, 0.4) is 0 Å². The average Bonchev–Trinajstić information content (AvgIpc) is 2.14. The molecule has 0 unspecified atom stereocenters. The van der Waals surface area contributed by atoms with Crippen LogP contribution in [0.4, 0.5) is 0 Å². The quantitative estimate of drug-likeness (QED) is 0.614. The summed E-state index contributed by atoms with van der Waals surface area (Å²) in [6.45, 7) is 8.39. The second-order valence-corrected chi connectivity index (χ2v) is 6.74. The molecule has 2 nitrogen and oxygen atoms in total. The fraction of sp³-hybridized carbons (Fsp3) is 1.00. The lowest BCUT2D eigenvalue weighted by molar-refractivity contribution is -0.202. The molecule has 2 fully saturated rings. The van der Waals surface area contributed by atoms with Gasteiger partial charge in [-0.15, -0.1) is 0 Å². The average molecular weight is 249 g/mol. The zero-order valence-electron chi connectivity index (χ0n) is 8.69. The molecule has 13 heavy (non-hydrogen) atoms. The number of hydrogen-bond acceptors (Lipinski definition) is 2. The lowest BCUT2D eigenvalue weighted by atomic mass is 9.90. The van der Waals surface area contributed by atoms with Gasteiger partial charge in [-0.25, -0.2) is 0 Å². The zero-order valence-corrected chi connectivity index (χ0v) is 10.3. The van der Waals surface area contributed by atoms with Gasteiger partial charge in [-0.3, -0.25) is 0 Å². The fourth-order valence-electron chi connectivity index (χ4n) is 2.27. The molecule has 76 valence electrons. The first kappa shape index (κ1) is 9.94. The van der Waals surface area contributed by atoms with Gasteiger partial charge in [0.05, 0.1) is 16.0 Å². The first-order valence-electron chi connectivity index (χ1n) is 4.84. The number of rotatable bonds is 0. The van der Waals surface area contributed by atoms with Crippen LogP contribution in [0.15, 0.2) is 0 Å². The molecule has 0 aromatic rings. The molecule has 2 saturated heterocycles. The third-order valence-electron chi connectivity index (χ3n) is 3.42. The van der Waals surface area contributed by atoms with Crippen molar-refractivity contribution in [1.82, 2.24) is 0 Å². The summed E-state index contributed by atoms with van der Waals surface area (Å²) in [5.41, 5.74) is -0.139. The smallest absolute Gasteiger partial charge is 0.181 e. The van der Waals surface area contributed by atoms with Crippen LogP contribution in [0.5, 0.6) is 0 Å². The summed E-state index contributed by atoms with van der Waals surface area (Å²) in [5, 5.41) is 0. The SMILES string of the molecule is CC1(C)O[C@@]2(C)O[C@@H]1CC[C@@]2(C)Br. The predicted octanol–water partition coefficient (Wildman–Crippen LogP) is 2.84. The van der Waals surface area contributed by atoms with Crippen LogP contribution in [-0.2, 0) is 9.47 Å². The Labute approximate surface area is 88.1 Å². The van der Waals surface area contributed by atoms with Crippen molar-refractivity contribution < 1.29 is 9.47 Å². The molecular weight excluding hydrogens is 232 g/mol. The van der Waals surface area contributed by atoms with E-state index in [0.29, 0.717) is 0 Å². The molecule has 0 saturated carbocycles. The van der Waals surface area contributed by atoms with Crippen molar-refractivity contribution in [3.8, 4) is 0 Å². The third-order valence-corrected chi connectivity index (χ3v) is 4.54. The molecule has 0 spiro atoms. The van der Waals surface area contributed by atoms with Crippen molar-refractivity contribution in [2.45, 2.75) is 62.4 Å². The van der Waals surface area contributed by atoms with E-state index in [2.05, 4.69) is 36.7 Å². The lowest BCUT2D eigenvalue weighted by Gasteiger charge is -2.41. The van der Waals surface area contributed by atoms with Crippen molar-refractivity contribution in [3.63, 3.8) is 0 Å². The summed E-state index contributed by atoms with van der Waals surface area (Å²) in [6, 6.07) is 0. The van der Waals surface area contributed by atoms with Gasteiger partial charge in [0.15, 0.2) is 5.79 Å². The Hall–Kier alpha value is 0.400. The summed E-state index contributed by atoms with van der Waals surface area (Å²) in [5.74, 6) is -0.459. The van der Waals surface area contributed by atoms with Gasteiger partial charge in [0.2, 0.25) is 0 Å². The molecule has 2 heterocycles. The molecule has 2 aliphatic heterocycles. The number of hydrogen-bond donors (Lipinski definition) is 0. The van der Waals surface area contributed by atoms with E-state index >= 15 is 0 Å². The Morgan fingerprint density at radius 3 is 2.38 bits per heavy atom. The van der Waals surface area contributed by atoms with E-state index in [1.807, 2.05) is 6.92 Å². The molecule has 2 bridgehead atoms. The van der Waals surface area contributed by atoms with E-state index in [-0.39, 0.29) is 16.0 Å². The van der Waals surface area contributed by atoms with E-state index in [1.165, 1.54) is 0 Å². The molecule has 3 heteroatoms. The number of alkyl halides is 1. The zero-order chi connectivity index (χ0) is 9.91. The van der Waals surface area contributed by atoms with Crippen molar-refractivity contribution in [2.24, 2.45) is 0 Å². The highest BCUT2D eigenvalue weighted by Gasteiger charge is 2.60. The van der Waals surface area contributed by atoms with Crippen LogP contribution < -0.4 is 0 Å². The van der Waals surface area contributed by atoms with E-state index in [0.717, 1.165) is 12.8 Å². The van der Waals surface area contributed by atoms with E-state index < -0.39 is 5.79 Å². The fourth-order valence-corrected chi connectivity index (χ4v) is 2.67. The van der Waals surface area contributed by atoms with Crippen LogP contribution >= 0.6 is 15.9 Å². The van der Waals surface area contributed by atoms with Crippen molar-refractivity contribution in [3.05, 3.63) is 0 Å². The number of halogens is 1. The Kier molecular flexibility index (Phi) is 1.91. The van der Waals surface area contributed by atoms with Crippen molar-refractivity contribution in [1.29, 1.82) is 0 Å². The second-order valence-electron chi connectivity index (χ2n) is 4.99. The molecular formula is C10H17BrO2. The summed E-state index contributed by atoms with van der Waals surface area (Å²) in [7, 11) is 0. The van der Waals surface area contributed by atoms with Gasteiger partial charge < -0.3 is 9.47 Å². The van der Waals surface area contributed by atoms with Crippen LogP contribution in [0, 0.1) is 0 Å². The summed E-state index contributed by atoms with van der Waals surface area (Å²) in [6.07, 6.45) is 2.44. The van der Waals surface area contributed by atoms with Crippen LogP contribution in [0.25, 0.3) is 0 Å². The van der Waals surface area contributed by atoms with E-state index in [1.54, 1.807) is 0 Å². The van der Waals surface area contributed by atoms with Crippen LogP contribution in [0.2, 0.25) is 0 Å².